The summed E-state index contributed by atoms with van der Waals surface area (Å²) in [6, 6.07) is 11.2. The third-order valence-electron chi connectivity index (χ3n) is 5.58. The maximum atomic E-state index is 6.73. The van der Waals surface area contributed by atoms with Crippen LogP contribution in [0.15, 0.2) is 30.3 Å². The van der Waals surface area contributed by atoms with Gasteiger partial charge >= 0.3 is 0 Å². The summed E-state index contributed by atoms with van der Waals surface area (Å²) in [5.41, 5.74) is 8.05. The van der Waals surface area contributed by atoms with Crippen LogP contribution in [-0.4, -0.2) is 54.1 Å². The van der Waals surface area contributed by atoms with Crippen molar-refractivity contribution in [3.8, 4) is 0 Å². The first kappa shape index (κ1) is 16.5. The molecule has 3 heterocycles. The van der Waals surface area contributed by atoms with Gasteiger partial charge < -0.3 is 20.5 Å². The van der Waals surface area contributed by atoms with Gasteiger partial charge in [0, 0.05) is 25.2 Å². The first-order valence-corrected chi connectivity index (χ1v) is 9.16. The van der Waals surface area contributed by atoms with E-state index in [1.54, 1.807) is 0 Å². The van der Waals surface area contributed by atoms with E-state index in [1.165, 1.54) is 12.0 Å². The lowest BCUT2D eigenvalue weighted by Crippen LogP contribution is -2.57. The normalized spacial score (nSPS) is 36.8. The van der Waals surface area contributed by atoms with Gasteiger partial charge in [-0.1, -0.05) is 30.3 Å². The minimum Gasteiger partial charge on any atom is -0.343 e. The van der Waals surface area contributed by atoms with E-state index in [9.17, 15) is 0 Å². The number of fused-ring (bicyclic) bond motifs is 1. The van der Waals surface area contributed by atoms with Crippen LogP contribution in [0, 0.1) is 0 Å². The standard InChI is InChI=1S/C19H29N3O2/c1-19(2)23-15-12-22(11-13-7-4-3-5-8-13)17(18(15)24-19)16(20)14-9-6-10-21-14/h3-5,7-8,14-18,21H,6,9-12,20H2,1-2H3/t14?,15-,16?,17+,18-/m0/s1. The molecule has 1 aromatic rings. The molecule has 0 spiro atoms. The highest BCUT2D eigenvalue weighted by molar-refractivity contribution is 5.16. The van der Waals surface area contributed by atoms with E-state index in [-0.39, 0.29) is 24.3 Å². The van der Waals surface area contributed by atoms with Crippen LogP contribution in [0.3, 0.4) is 0 Å². The van der Waals surface area contributed by atoms with E-state index in [0.29, 0.717) is 6.04 Å². The van der Waals surface area contributed by atoms with Gasteiger partial charge in [0.2, 0.25) is 0 Å². The topological polar surface area (TPSA) is 59.8 Å². The summed E-state index contributed by atoms with van der Waals surface area (Å²) in [6.45, 7) is 6.85. The first-order chi connectivity index (χ1) is 11.5. The summed E-state index contributed by atoms with van der Waals surface area (Å²) in [6.07, 6.45) is 2.53. The second kappa shape index (κ2) is 6.39. The molecular formula is C19H29N3O2. The van der Waals surface area contributed by atoms with Crippen molar-refractivity contribution >= 4 is 0 Å². The van der Waals surface area contributed by atoms with Crippen LogP contribution >= 0.6 is 0 Å². The lowest BCUT2D eigenvalue weighted by molar-refractivity contribution is -0.163. The maximum absolute atomic E-state index is 6.73. The van der Waals surface area contributed by atoms with Crippen molar-refractivity contribution in [2.45, 2.75) is 69.4 Å². The fourth-order valence-electron chi connectivity index (χ4n) is 4.58. The molecule has 3 fully saturated rings. The van der Waals surface area contributed by atoms with E-state index in [4.69, 9.17) is 15.2 Å². The molecule has 132 valence electrons. The van der Waals surface area contributed by atoms with Gasteiger partial charge in [-0.2, -0.15) is 0 Å². The Kier molecular flexibility index (Phi) is 4.39. The van der Waals surface area contributed by atoms with Crippen molar-refractivity contribution in [2.24, 2.45) is 5.73 Å². The number of nitrogens with two attached hydrogens (primary N) is 1. The molecule has 24 heavy (non-hydrogen) atoms. The fraction of sp³-hybridized carbons (Fsp3) is 0.684. The fourth-order valence-corrected chi connectivity index (χ4v) is 4.58. The molecule has 0 amide bonds. The third kappa shape index (κ3) is 3.11. The number of hydrogen-bond donors (Lipinski definition) is 2. The average molecular weight is 331 g/mol. The number of likely N-dealkylation sites (tertiary alicyclic amines) is 1. The summed E-state index contributed by atoms with van der Waals surface area (Å²) in [7, 11) is 0. The van der Waals surface area contributed by atoms with Crippen molar-refractivity contribution in [1.29, 1.82) is 0 Å². The Bertz CT molecular complexity index is 559. The number of rotatable bonds is 4. The van der Waals surface area contributed by atoms with E-state index in [0.717, 1.165) is 26.1 Å². The van der Waals surface area contributed by atoms with Crippen LogP contribution in [0.4, 0.5) is 0 Å². The summed E-state index contributed by atoms with van der Waals surface area (Å²) < 4.78 is 12.4. The highest BCUT2D eigenvalue weighted by Gasteiger charge is 2.55. The molecule has 3 N–H and O–H groups in total. The molecule has 5 nitrogen and oxygen atoms in total. The largest absolute Gasteiger partial charge is 0.343 e. The Morgan fingerprint density at radius 1 is 1.29 bits per heavy atom. The molecule has 2 unspecified atom stereocenters. The van der Waals surface area contributed by atoms with Gasteiger partial charge in [0.1, 0.15) is 12.2 Å². The van der Waals surface area contributed by atoms with Crippen LogP contribution in [0.2, 0.25) is 0 Å². The average Bonchev–Trinajstić information content (AvgIpc) is 3.22. The minimum atomic E-state index is -0.505. The van der Waals surface area contributed by atoms with E-state index in [1.807, 2.05) is 13.8 Å². The van der Waals surface area contributed by atoms with Gasteiger partial charge in [-0.05, 0) is 38.8 Å². The Labute approximate surface area is 144 Å². The summed E-state index contributed by atoms with van der Waals surface area (Å²) in [5.74, 6) is -0.505. The molecule has 0 radical (unpaired) electrons. The van der Waals surface area contributed by atoms with Gasteiger partial charge in [-0.25, -0.2) is 0 Å². The summed E-state index contributed by atoms with van der Waals surface area (Å²) in [5, 5.41) is 3.57. The van der Waals surface area contributed by atoms with Crippen molar-refractivity contribution < 1.29 is 9.47 Å². The van der Waals surface area contributed by atoms with Crippen LogP contribution in [-0.2, 0) is 16.0 Å². The molecule has 3 aliphatic rings. The number of benzene rings is 1. The lowest BCUT2D eigenvalue weighted by atomic mass is 9.95. The molecule has 5 atom stereocenters. The van der Waals surface area contributed by atoms with Gasteiger partial charge in [0.05, 0.1) is 6.04 Å². The zero-order valence-electron chi connectivity index (χ0n) is 14.7. The van der Waals surface area contributed by atoms with Crippen LogP contribution in [0.25, 0.3) is 0 Å². The molecule has 4 rings (SSSR count). The SMILES string of the molecule is CC1(C)O[C@H]2[C@H](CN(Cc3ccccc3)[C@@H]2C(N)C2CCCN2)O1. The lowest BCUT2D eigenvalue weighted by Gasteiger charge is -2.36. The van der Waals surface area contributed by atoms with Crippen LogP contribution in [0.1, 0.15) is 32.3 Å². The first-order valence-electron chi connectivity index (χ1n) is 9.16. The molecular weight excluding hydrogens is 302 g/mol. The predicted molar refractivity (Wildman–Crippen MR) is 93.5 cm³/mol. The van der Waals surface area contributed by atoms with Crippen molar-refractivity contribution in [3.63, 3.8) is 0 Å². The van der Waals surface area contributed by atoms with Crippen molar-refractivity contribution in [2.75, 3.05) is 13.1 Å². The molecule has 1 aromatic carbocycles. The summed E-state index contributed by atoms with van der Waals surface area (Å²) >= 11 is 0. The zero-order valence-corrected chi connectivity index (χ0v) is 14.7. The predicted octanol–water partition coefficient (Wildman–Crippen LogP) is 1.47. The third-order valence-corrected chi connectivity index (χ3v) is 5.58. The molecule has 3 saturated heterocycles. The minimum absolute atomic E-state index is 0.0566. The van der Waals surface area contributed by atoms with Gasteiger partial charge in [0.25, 0.3) is 0 Å². The highest BCUT2D eigenvalue weighted by atomic mass is 16.8. The summed E-state index contributed by atoms with van der Waals surface area (Å²) in [4.78, 5) is 2.46. The highest BCUT2D eigenvalue weighted by Crippen LogP contribution is 2.39. The second-order valence-electron chi connectivity index (χ2n) is 7.82. The number of hydrogen-bond acceptors (Lipinski definition) is 5. The maximum Gasteiger partial charge on any atom is 0.163 e. The van der Waals surface area contributed by atoms with E-state index < -0.39 is 5.79 Å². The van der Waals surface area contributed by atoms with Gasteiger partial charge in [0.15, 0.2) is 5.79 Å². The van der Waals surface area contributed by atoms with Crippen molar-refractivity contribution in [1.82, 2.24) is 10.2 Å². The Balaban J connectivity index is 1.56. The Hall–Kier alpha value is -0.980. The van der Waals surface area contributed by atoms with Gasteiger partial charge in [-0.15, -0.1) is 0 Å². The van der Waals surface area contributed by atoms with E-state index in [2.05, 4.69) is 40.5 Å². The number of nitrogens with zero attached hydrogens (tertiary/aromatic N) is 1. The monoisotopic (exact) mass is 331 g/mol. The molecule has 0 saturated carbocycles. The molecule has 5 heteroatoms. The van der Waals surface area contributed by atoms with Gasteiger partial charge in [-0.3, -0.25) is 4.90 Å². The van der Waals surface area contributed by atoms with Crippen LogP contribution < -0.4 is 11.1 Å². The zero-order chi connectivity index (χ0) is 16.7. The Morgan fingerprint density at radius 3 is 2.79 bits per heavy atom. The van der Waals surface area contributed by atoms with E-state index >= 15 is 0 Å². The molecule has 0 bridgehead atoms. The molecule has 0 aromatic heterocycles. The van der Waals surface area contributed by atoms with Crippen molar-refractivity contribution in [3.05, 3.63) is 35.9 Å². The smallest absolute Gasteiger partial charge is 0.163 e. The molecule has 3 aliphatic heterocycles. The number of ether oxygens (including phenoxy) is 2. The number of nitrogens with one attached hydrogen (secondary N) is 1. The Morgan fingerprint density at radius 2 is 2.08 bits per heavy atom. The quantitative estimate of drug-likeness (QED) is 0.875. The second-order valence-corrected chi connectivity index (χ2v) is 7.82. The molecule has 0 aliphatic carbocycles. The van der Waals surface area contributed by atoms with Crippen LogP contribution in [0.5, 0.6) is 0 Å².